The maximum absolute atomic E-state index is 5.54. The van der Waals surface area contributed by atoms with Crippen LogP contribution in [0.5, 0.6) is 0 Å². The molecule has 1 aromatic rings. The molecule has 4 aliphatic rings. The summed E-state index contributed by atoms with van der Waals surface area (Å²) in [6, 6.07) is 4.12. The molecule has 0 amide bonds. The largest absolute Gasteiger partial charge is 0.464 e. The zero-order chi connectivity index (χ0) is 25.4. The van der Waals surface area contributed by atoms with Gasteiger partial charge in [0.15, 0.2) is 0 Å². The Morgan fingerprint density at radius 2 is 2.03 bits per heavy atom. The molecular weight excluding hydrogens is 444 g/mol. The van der Waals surface area contributed by atoms with Crippen LogP contribution in [0.25, 0.3) is 11.8 Å². The lowest BCUT2D eigenvalue weighted by Crippen LogP contribution is -2.42. The van der Waals surface area contributed by atoms with Gasteiger partial charge in [0.25, 0.3) is 0 Å². The van der Waals surface area contributed by atoms with Crippen LogP contribution in [0.4, 0.5) is 0 Å². The third-order valence-corrected chi connectivity index (χ3v) is 8.21. The van der Waals surface area contributed by atoms with Crippen LogP contribution < -0.4 is 5.32 Å². The fourth-order valence-corrected chi connectivity index (χ4v) is 5.30. The van der Waals surface area contributed by atoms with E-state index in [0.717, 1.165) is 48.3 Å². The second-order valence-corrected chi connectivity index (χ2v) is 10.8. The number of pyridine rings is 1. The van der Waals surface area contributed by atoms with Crippen LogP contribution in [0.2, 0.25) is 0 Å². The first-order valence-corrected chi connectivity index (χ1v) is 13.2. The van der Waals surface area contributed by atoms with Gasteiger partial charge in [0, 0.05) is 42.9 Å². The van der Waals surface area contributed by atoms with Crippen molar-refractivity contribution < 1.29 is 4.74 Å². The van der Waals surface area contributed by atoms with E-state index < -0.39 is 0 Å². The Morgan fingerprint density at radius 3 is 2.75 bits per heavy atom. The maximum atomic E-state index is 5.54. The molecule has 1 N–H and O–H groups in total. The maximum Gasteiger partial charge on any atom is 0.144 e. The van der Waals surface area contributed by atoms with Crippen molar-refractivity contribution in [2.45, 2.75) is 52.9 Å². The van der Waals surface area contributed by atoms with Gasteiger partial charge < -0.3 is 15.0 Å². The zero-order valence-electron chi connectivity index (χ0n) is 22.1. The number of rotatable bonds is 7. The third-order valence-electron chi connectivity index (χ3n) is 8.21. The Bertz CT molecular complexity index is 1240. The minimum absolute atomic E-state index is 0.322. The number of nitrogens with zero attached hydrogens (tertiary/aromatic N) is 3. The van der Waals surface area contributed by atoms with E-state index in [-0.39, 0.29) is 0 Å². The van der Waals surface area contributed by atoms with Gasteiger partial charge in [-0.15, -0.1) is 0 Å². The number of hydrogen-bond donors (Lipinski definition) is 1. The van der Waals surface area contributed by atoms with Crippen molar-refractivity contribution >= 4 is 17.7 Å². The van der Waals surface area contributed by atoms with Crippen molar-refractivity contribution in [3.05, 3.63) is 89.3 Å². The summed E-state index contributed by atoms with van der Waals surface area (Å²) < 4.78 is 5.54. The number of allylic oxidation sites excluding steroid dienone is 4. The average Bonchev–Trinajstić information content (AvgIpc) is 3.69. The molecule has 2 aliphatic heterocycles. The number of fused-ring (bicyclic) bond motifs is 3. The van der Waals surface area contributed by atoms with E-state index in [2.05, 4.69) is 68.4 Å². The van der Waals surface area contributed by atoms with E-state index in [9.17, 15) is 0 Å². The fraction of sp³-hybridized carbons (Fsp3) is 0.419. The van der Waals surface area contributed by atoms with Gasteiger partial charge in [-0.1, -0.05) is 58.6 Å². The third kappa shape index (κ3) is 4.71. The molecule has 0 bridgehead atoms. The molecule has 2 unspecified atom stereocenters. The van der Waals surface area contributed by atoms with Gasteiger partial charge in [0.05, 0.1) is 12.0 Å². The first kappa shape index (κ1) is 24.4. The molecule has 5 rings (SSSR count). The van der Waals surface area contributed by atoms with Crippen LogP contribution in [-0.4, -0.2) is 35.4 Å². The minimum atomic E-state index is 0.322. The van der Waals surface area contributed by atoms with Crippen LogP contribution >= 0.6 is 0 Å². The first-order valence-electron chi connectivity index (χ1n) is 13.2. The molecule has 2 atom stereocenters. The molecule has 5 nitrogen and oxygen atoms in total. The van der Waals surface area contributed by atoms with Gasteiger partial charge >= 0.3 is 0 Å². The lowest BCUT2D eigenvalue weighted by molar-refractivity contribution is 0.162. The van der Waals surface area contributed by atoms with E-state index in [1.165, 1.54) is 36.0 Å². The monoisotopic (exact) mass is 482 g/mol. The number of aliphatic imine (C=N–C) groups is 1. The second kappa shape index (κ2) is 9.61. The smallest absolute Gasteiger partial charge is 0.144 e. The van der Waals surface area contributed by atoms with Crippen LogP contribution in [0.15, 0.2) is 77.3 Å². The van der Waals surface area contributed by atoms with E-state index in [0.29, 0.717) is 23.0 Å². The predicted octanol–water partition coefficient (Wildman–Crippen LogP) is 6.57. The summed E-state index contributed by atoms with van der Waals surface area (Å²) >= 11 is 0. The second-order valence-electron chi connectivity index (χ2n) is 10.8. The topological polar surface area (TPSA) is 49.8 Å². The normalized spacial score (nSPS) is 24.1. The highest BCUT2D eigenvalue weighted by atomic mass is 16.5. The Labute approximate surface area is 215 Å². The fourth-order valence-electron chi connectivity index (χ4n) is 5.30. The highest BCUT2D eigenvalue weighted by molar-refractivity contribution is 5.95. The Morgan fingerprint density at radius 1 is 1.25 bits per heavy atom. The van der Waals surface area contributed by atoms with Crippen molar-refractivity contribution in [3.8, 4) is 0 Å². The van der Waals surface area contributed by atoms with Crippen LogP contribution in [-0.2, 0) is 4.74 Å². The summed E-state index contributed by atoms with van der Waals surface area (Å²) in [7, 11) is 0. The van der Waals surface area contributed by atoms with E-state index >= 15 is 0 Å². The number of likely N-dealkylation sites (tertiary alicyclic amines) is 1. The molecule has 0 aromatic carbocycles. The molecule has 3 heterocycles. The predicted molar refractivity (Wildman–Crippen MR) is 149 cm³/mol. The van der Waals surface area contributed by atoms with E-state index in [1.54, 1.807) is 6.26 Å². The van der Waals surface area contributed by atoms with Crippen molar-refractivity contribution in [3.63, 3.8) is 0 Å². The van der Waals surface area contributed by atoms with Crippen molar-refractivity contribution in [1.29, 1.82) is 0 Å². The minimum Gasteiger partial charge on any atom is -0.464 e. The molecule has 5 heteroatoms. The molecule has 1 aromatic heterocycles. The highest BCUT2D eigenvalue weighted by Crippen LogP contribution is 2.48. The van der Waals surface area contributed by atoms with Crippen molar-refractivity contribution in [2.75, 3.05) is 19.6 Å². The number of hydrogen-bond acceptors (Lipinski definition) is 5. The van der Waals surface area contributed by atoms with Gasteiger partial charge in [-0.25, -0.2) is 4.98 Å². The first-order chi connectivity index (χ1) is 17.3. The summed E-state index contributed by atoms with van der Waals surface area (Å²) in [5.74, 6) is 2.31. The van der Waals surface area contributed by atoms with Gasteiger partial charge in [-0.3, -0.25) is 4.99 Å². The summed E-state index contributed by atoms with van der Waals surface area (Å²) in [5.41, 5.74) is 7.98. The highest BCUT2D eigenvalue weighted by Gasteiger charge is 2.36. The number of ether oxygens (including phenoxy) is 1. The number of nitrogens with one attached hydrogen (secondary N) is 1. The summed E-state index contributed by atoms with van der Waals surface area (Å²) in [4.78, 5) is 12.2. The van der Waals surface area contributed by atoms with Gasteiger partial charge in [-0.05, 0) is 60.1 Å². The quantitative estimate of drug-likeness (QED) is 0.447. The SMILES string of the molecule is C=C(NC1=Cc2nc(C(=C)OC=CC)ccc2C2C=C12)C1=CC(N2CCC(C)(CC)CC2)=NCC1C. The van der Waals surface area contributed by atoms with Crippen molar-refractivity contribution in [2.24, 2.45) is 16.3 Å². The lowest BCUT2D eigenvalue weighted by Gasteiger charge is -2.40. The molecule has 2 aliphatic carbocycles. The molecule has 188 valence electrons. The molecule has 0 radical (unpaired) electrons. The molecule has 1 saturated heterocycles. The number of aromatic nitrogens is 1. The van der Waals surface area contributed by atoms with Gasteiger partial charge in [0.1, 0.15) is 17.3 Å². The van der Waals surface area contributed by atoms with Gasteiger partial charge in [0.2, 0.25) is 0 Å². The Hall–Kier alpha value is -3.34. The molecule has 0 saturated carbocycles. The molecule has 36 heavy (non-hydrogen) atoms. The van der Waals surface area contributed by atoms with Gasteiger partial charge in [-0.2, -0.15) is 0 Å². The molecular formula is C31H38N4O. The number of dihydropyridines is 1. The average molecular weight is 483 g/mol. The van der Waals surface area contributed by atoms with E-state index in [4.69, 9.17) is 14.7 Å². The van der Waals surface area contributed by atoms with Crippen LogP contribution in [0.3, 0.4) is 0 Å². The molecule has 1 fully saturated rings. The van der Waals surface area contributed by atoms with Crippen LogP contribution in [0, 0.1) is 11.3 Å². The summed E-state index contributed by atoms with van der Waals surface area (Å²) in [5, 5.41) is 3.63. The van der Waals surface area contributed by atoms with Crippen LogP contribution in [0.1, 0.15) is 69.8 Å². The Kier molecular flexibility index (Phi) is 6.50. The summed E-state index contributed by atoms with van der Waals surface area (Å²) in [6.07, 6.45) is 13.8. The lowest BCUT2D eigenvalue weighted by atomic mass is 9.78. The summed E-state index contributed by atoms with van der Waals surface area (Å²) in [6.45, 7) is 20.3. The number of piperidine rings is 1. The zero-order valence-corrected chi connectivity index (χ0v) is 22.1. The van der Waals surface area contributed by atoms with Crippen molar-refractivity contribution in [1.82, 2.24) is 15.2 Å². The Balaban J connectivity index is 1.32. The number of amidine groups is 1. The standard InChI is InChI=1S/C31H38N4O/c1-7-15-36-22(5)27-10-9-23-25-16-26(25)29(18-28(23)34-27)33-21(4)24-17-30(32-19-20(24)3)35-13-11-31(6,8-2)12-14-35/h7,9-10,15-18,20,25,33H,4-5,8,11-14,19H2,1-3,6H3. The molecule has 0 spiro atoms. The van der Waals surface area contributed by atoms with E-state index in [1.807, 2.05) is 19.1 Å².